The van der Waals surface area contributed by atoms with Gasteiger partial charge in [-0.25, -0.2) is 9.18 Å². The summed E-state index contributed by atoms with van der Waals surface area (Å²) in [6.07, 6.45) is -7.78. The van der Waals surface area contributed by atoms with E-state index in [1.807, 2.05) is 0 Å². The van der Waals surface area contributed by atoms with Gasteiger partial charge in [0, 0.05) is 26.2 Å². The summed E-state index contributed by atoms with van der Waals surface area (Å²) in [6.45, 7) is 4.38. The van der Waals surface area contributed by atoms with Crippen molar-refractivity contribution in [1.82, 2.24) is 14.7 Å². The molecule has 2 aliphatic heterocycles. The average molecular weight is 630 g/mol. The number of amides is 2. The van der Waals surface area contributed by atoms with Crippen LogP contribution in [0.2, 0.25) is 0 Å². The Morgan fingerprint density at radius 3 is 2.20 bits per heavy atom. The third kappa shape index (κ3) is 5.99. The molecule has 2 aromatic rings. The Kier molecular flexibility index (Phi) is 8.18. The number of carbonyl (C=O) groups excluding carboxylic acids is 1. The van der Waals surface area contributed by atoms with Crippen LogP contribution in [0.25, 0.3) is 0 Å². The quantitative estimate of drug-likeness (QED) is 0.353. The zero-order valence-electron chi connectivity index (χ0n) is 24.5. The number of benzene rings is 2. The summed E-state index contributed by atoms with van der Waals surface area (Å²) in [6, 6.07) is 3.08. The molecule has 0 radical (unpaired) electrons. The number of rotatable bonds is 5. The number of hydrogen-bond donors (Lipinski definition) is 1. The van der Waals surface area contributed by atoms with Crippen LogP contribution < -0.4 is 0 Å². The highest BCUT2D eigenvalue weighted by molar-refractivity contribution is 5.79. The van der Waals surface area contributed by atoms with Crippen molar-refractivity contribution in [2.24, 2.45) is 11.3 Å². The van der Waals surface area contributed by atoms with Crippen molar-refractivity contribution in [3.8, 4) is 0 Å². The molecule has 1 N–H and O–H groups in total. The fraction of sp³-hybridized carbons (Fsp3) is 0.548. The standard InChI is InChI=1S/C31H34F7N3O3/c1-17-10-23(32)4-5-25(17)26-14-24(40-8-6-20-15-29(20,16-40)27(42)43)7-9-41(26)28(44)39(3)18(2)19-11-21(30(33,34)35)13-22(12-19)31(36,37)38/h4-5,10-13,18,20,24,26H,6-9,14-16H2,1-3H3,(H,42,43)/t18-,20?,24+,26-,29?/m1/s1. The van der Waals surface area contributed by atoms with E-state index in [1.165, 1.54) is 31.0 Å². The van der Waals surface area contributed by atoms with Gasteiger partial charge in [-0.05, 0) is 99.0 Å². The van der Waals surface area contributed by atoms with Crippen molar-refractivity contribution in [3.63, 3.8) is 0 Å². The van der Waals surface area contributed by atoms with Crippen molar-refractivity contribution in [1.29, 1.82) is 0 Å². The minimum Gasteiger partial charge on any atom is -0.481 e. The summed E-state index contributed by atoms with van der Waals surface area (Å²) in [5.41, 5.74) is -2.76. The number of carboxylic acid groups (broad SMARTS) is 1. The summed E-state index contributed by atoms with van der Waals surface area (Å²) in [5.74, 6) is -1.13. The lowest BCUT2D eigenvalue weighted by molar-refractivity contribution is -0.146. The van der Waals surface area contributed by atoms with Gasteiger partial charge in [0.15, 0.2) is 0 Å². The molecule has 2 saturated heterocycles. The second-order valence-corrected chi connectivity index (χ2v) is 12.4. The topological polar surface area (TPSA) is 64.1 Å². The molecule has 1 saturated carbocycles. The van der Waals surface area contributed by atoms with E-state index in [2.05, 4.69) is 4.90 Å². The number of hydrogen-bond acceptors (Lipinski definition) is 3. The third-order valence-corrected chi connectivity index (χ3v) is 9.81. The summed E-state index contributed by atoms with van der Waals surface area (Å²) >= 11 is 0. The molecular formula is C31H34F7N3O3. The molecule has 13 heteroatoms. The van der Waals surface area contributed by atoms with E-state index in [0.717, 1.165) is 11.3 Å². The summed E-state index contributed by atoms with van der Waals surface area (Å²) in [4.78, 5) is 30.8. The van der Waals surface area contributed by atoms with Gasteiger partial charge in [-0.15, -0.1) is 0 Å². The Bertz CT molecular complexity index is 1410. The maximum atomic E-state index is 14.0. The molecule has 240 valence electrons. The number of fused-ring (bicyclic) bond motifs is 1. The zero-order chi connectivity index (χ0) is 32.4. The Morgan fingerprint density at radius 2 is 1.64 bits per heavy atom. The molecule has 5 atom stereocenters. The highest BCUT2D eigenvalue weighted by atomic mass is 19.4. The summed E-state index contributed by atoms with van der Waals surface area (Å²) in [5, 5.41) is 9.85. The number of carboxylic acids is 1. The highest BCUT2D eigenvalue weighted by Gasteiger charge is 2.63. The molecule has 0 bridgehead atoms. The van der Waals surface area contributed by atoms with Crippen molar-refractivity contribution in [2.75, 3.05) is 26.7 Å². The number of urea groups is 1. The molecule has 44 heavy (non-hydrogen) atoms. The van der Waals surface area contributed by atoms with Gasteiger partial charge in [0.2, 0.25) is 0 Å². The minimum atomic E-state index is -5.03. The van der Waals surface area contributed by atoms with Crippen LogP contribution in [0.3, 0.4) is 0 Å². The molecule has 3 aliphatic rings. The lowest BCUT2D eigenvalue weighted by Crippen LogP contribution is -2.54. The lowest BCUT2D eigenvalue weighted by Gasteiger charge is -2.47. The van der Waals surface area contributed by atoms with Crippen molar-refractivity contribution >= 4 is 12.0 Å². The number of halogens is 7. The Balaban J connectivity index is 1.43. The SMILES string of the molecule is Cc1cc(F)ccc1[C@H]1C[C@@H](N2CCC3CC3(C(=O)O)C2)CCN1C(=O)N(C)[C@H](C)c1cc(C(F)(F)F)cc(C(F)(F)F)c1. The molecule has 2 amide bonds. The van der Waals surface area contributed by atoms with Crippen LogP contribution in [0.5, 0.6) is 0 Å². The minimum absolute atomic E-state index is 0.0507. The molecule has 2 aromatic carbocycles. The van der Waals surface area contributed by atoms with E-state index in [-0.39, 0.29) is 30.1 Å². The van der Waals surface area contributed by atoms with Gasteiger partial charge in [0.05, 0.1) is 28.6 Å². The van der Waals surface area contributed by atoms with Crippen LogP contribution >= 0.6 is 0 Å². The zero-order valence-corrected chi connectivity index (χ0v) is 24.5. The predicted octanol–water partition coefficient (Wildman–Crippen LogP) is 7.29. The number of carbonyl (C=O) groups is 2. The van der Waals surface area contributed by atoms with E-state index in [1.54, 1.807) is 13.0 Å². The molecule has 2 heterocycles. The molecule has 2 unspecified atom stereocenters. The van der Waals surface area contributed by atoms with Crippen molar-refractivity contribution in [3.05, 3.63) is 70.0 Å². The van der Waals surface area contributed by atoms with Gasteiger partial charge >= 0.3 is 24.4 Å². The molecular weight excluding hydrogens is 595 g/mol. The smallest absolute Gasteiger partial charge is 0.416 e. The average Bonchev–Trinajstić information content (AvgIpc) is 3.70. The highest BCUT2D eigenvalue weighted by Crippen LogP contribution is 2.58. The number of aryl methyl sites for hydroxylation is 1. The first-order valence-electron chi connectivity index (χ1n) is 14.5. The van der Waals surface area contributed by atoms with Gasteiger partial charge in [0.25, 0.3) is 0 Å². The van der Waals surface area contributed by atoms with Crippen molar-refractivity contribution in [2.45, 2.75) is 70.0 Å². The van der Waals surface area contributed by atoms with E-state index < -0.39 is 58.8 Å². The molecule has 5 rings (SSSR count). The Hall–Kier alpha value is -3.35. The van der Waals surface area contributed by atoms with E-state index in [4.69, 9.17) is 0 Å². The first kappa shape index (κ1) is 32.1. The van der Waals surface area contributed by atoms with Gasteiger partial charge in [-0.3, -0.25) is 9.69 Å². The number of nitrogens with zero attached hydrogens (tertiary/aromatic N) is 3. The third-order valence-electron chi connectivity index (χ3n) is 9.81. The first-order valence-corrected chi connectivity index (χ1v) is 14.5. The molecule has 0 aromatic heterocycles. The van der Waals surface area contributed by atoms with Crippen LogP contribution in [0.4, 0.5) is 35.5 Å². The van der Waals surface area contributed by atoms with E-state index >= 15 is 0 Å². The van der Waals surface area contributed by atoms with Crippen molar-refractivity contribution < 1.29 is 45.4 Å². The monoisotopic (exact) mass is 629 g/mol. The fourth-order valence-corrected chi connectivity index (χ4v) is 6.98. The second kappa shape index (κ2) is 11.2. The van der Waals surface area contributed by atoms with Gasteiger partial charge in [-0.2, -0.15) is 26.3 Å². The van der Waals surface area contributed by atoms with Crippen LogP contribution in [0.1, 0.15) is 72.5 Å². The number of piperidine rings is 2. The largest absolute Gasteiger partial charge is 0.481 e. The Labute approximate surface area is 250 Å². The molecule has 6 nitrogen and oxygen atoms in total. The fourth-order valence-electron chi connectivity index (χ4n) is 6.98. The van der Waals surface area contributed by atoms with Gasteiger partial charge in [0.1, 0.15) is 5.82 Å². The molecule has 3 fully saturated rings. The lowest BCUT2D eigenvalue weighted by atomic mass is 9.86. The van der Waals surface area contributed by atoms with Crippen LogP contribution in [-0.2, 0) is 17.1 Å². The van der Waals surface area contributed by atoms with E-state index in [0.29, 0.717) is 55.6 Å². The van der Waals surface area contributed by atoms with Crippen LogP contribution in [0, 0.1) is 24.1 Å². The normalized spacial score (nSPS) is 26.6. The molecule has 0 spiro atoms. The number of alkyl halides is 6. The number of likely N-dealkylation sites (tertiary alicyclic amines) is 2. The predicted molar refractivity (Wildman–Crippen MR) is 146 cm³/mol. The maximum absolute atomic E-state index is 14.0. The summed E-state index contributed by atoms with van der Waals surface area (Å²) in [7, 11) is 1.33. The summed E-state index contributed by atoms with van der Waals surface area (Å²) < 4.78 is 95.2. The number of aliphatic carboxylic acids is 1. The first-order chi connectivity index (χ1) is 20.4. The molecule has 1 aliphatic carbocycles. The second-order valence-electron chi connectivity index (χ2n) is 12.4. The van der Waals surface area contributed by atoms with Crippen LogP contribution in [0.15, 0.2) is 36.4 Å². The maximum Gasteiger partial charge on any atom is 0.416 e. The Morgan fingerprint density at radius 1 is 1.00 bits per heavy atom. The van der Waals surface area contributed by atoms with Crippen LogP contribution in [-0.4, -0.2) is 64.5 Å². The van der Waals surface area contributed by atoms with Gasteiger partial charge in [-0.1, -0.05) is 6.07 Å². The van der Waals surface area contributed by atoms with E-state index in [9.17, 15) is 45.4 Å². The van der Waals surface area contributed by atoms with Gasteiger partial charge < -0.3 is 14.9 Å².